The molecule has 0 radical (unpaired) electrons. The third-order valence-corrected chi connectivity index (χ3v) is 8.65. The maximum Gasteiger partial charge on any atom is 0.285 e. The zero-order chi connectivity index (χ0) is 20.0. The van der Waals surface area contributed by atoms with Gasteiger partial charge in [0, 0.05) is 18.2 Å². The monoisotopic (exact) mass is 415 g/mol. The van der Waals surface area contributed by atoms with Crippen LogP contribution in [0.3, 0.4) is 0 Å². The van der Waals surface area contributed by atoms with Crippen molar-refractivity contribution in [1.82, 2.24) is 10.2 Å². The number of rotatable bonds is 2. The lowest BCUT2D eigenvalue weighted by Crippen LogP contribution is -2.50. The maximum absolute atomic E-state index is 13.2. The van der Waals surface area contributed by atoms with E-state index in [0.29, 0.717) is 17.9 Å². The van der Waals surface area contributed by atoms with E-state index in [1.165, 1.54) is 32.1 Å². The van der Waals surface area contributed by atoms with Crippen molar-refractivity contribution in [2.24, 2.45) is 16.2 Å². The van der Waals surface area contributed by atoms with Gasteiger partial charge in [0.15, 0.2) is 5.84 Å². The summed E-state index contributed by atoms with van der Waals surface area (Å²) >= 11 is 0. The molecule has 5 rings (SSSR count). The summed E-state index contributed by atoms with van der Waals surface area (Å²) in [5.41, 5.74) is 0.620. The number of hydrogen-bond donors (Lipinski definition) is 1. The van der Waals surface area contributed by atoms with E-state index >= 15 is 0 Å². The van der Waals surface area contributed by atoms with Crippen LogP contribution in [-0.4, -0.2) is 43.7 Å². The van der Waals surface area contributed by atoms with Crippen LogP contribution >= 0.6 is 0 Å². The lowest BCUT2D eigenvalue weighted by molar-refractivity contribution is -0.125. The van der Waals surface area contributed by atoms with Crippen LogP contribution in [-0.2, 0) is 14.8 Å². The summed E-state index contributed by atoms with van der Waals surface area (Å²) in [5.74, 6) is 2.09. The number of amidine groups is 1. The van der Waals surface area contributed by atoms with Crippen molar-refractivity contribution in [3.05, 3.63) is 29.8 Å². The van der Waals surface area contributed by atoms with Gasteiger partial charge in [-0.25, -0.2) is 0 Å². The fourth-order valence-electron chi connectivity index (χ4n) is 5.89. The van der Waals surface area contributed by atoms with E-state index in [9.17, 15) is 13.2 Å². The number of nitrogens with zero attached hydrogens (tertiary/aromatic N) is 2. The van der Waals surface area contributed by atoms with Gasteiger partial charge in [-0.05, 0) is 56.1 Å². The number of benzene rings is 1. The molecular formula is C22H29N3O3S. The van der Waals surface area contributed by atoms with Crippen molar-refractivity contribution in [1.29, 1.82) is 0 Å². The molecular weight excluding hydrogens is 386 g/mol. The molecule has 156 valence electrons. The molecule has 29 heavy (non-hydrogen) atoms. The fraction of sp³-hybridized carbons (Fsp3) is 0.636. The van der Waals surface area contributed by atoms with Crippen LogP contribution in [0.15, 0.2) is 33.6 Å². The Hall–Kier alpha value is -1.89. The second-order valence-electron chi connectivity index (χ2n) is 9.06. The zero-order valence-corrected chi connectivity index (χ0v) is 17.5. The van der Waals surface area contributed by atoms with E-state index in [1.807, 2.05) is 11.0 Å². The molecule has 3 fully saturated rings. The Bertz CT molecular complexity index is 942. The number of likely N-dealkylation sites (tertiary alicyclic amines) is 1. The van der Waals surface area contributed by atoms with Gasteiger partial charge < -0.3 is 10.2 Å². The molecule has 7 heteroatoms. The second-order valence-corrected chi connectivity index (χ2v) is 10.6. The Labute approximate surface area is 172 Å². The van der Waals surface area contributed by atoms with Crippen molar-refractivity contribution in [3.63, 3.8) is 0 Å². The summed E-state index contributed by atoms with van der Waals surface area (Å²) < 4.78 is 28.9. The van der Waals surface area contributed by atoms with Gasteiger partial charge in [0.25, 0.3) is 10.0 Å². The Morgan fingerprint density at radius 3 is 2.66 bits per heavy atom. The van der Waals surface area contributed by atoms with Gasteiger partial charge in [0.1, 0.15) is 10.9 Å². The number of amides is 1. The second kappa shape index (κ2) is 7.42. The first-order valence-electron chi connectivity index (χ1n) is 11.0. The van der Waals surface area contributed by atoms with Crippen molar-refractivity contribution in [3.8, 4) is 0 Å². The molecule has 1 saturated heterocycles. The van der Waals surface area contributed by atoms with Crippen LogP contribution in [0.4, 0.5) is 0 Å². The average Bonchev–Trinajstić information content (AvgIpc) is 3.31. The fourth-order valence-corrected chi connectivity index (χ4v) is 7.11. The van der Waals surface area contributed by atoms with E-state index in [2.05, 4.69) is 9.71 Å². The van der Waals surface area contributed by atoms with Crippen LogP contribution in [0.5, 0.6) is 0 Å². The average molecular weight is 416 g/mol. The van der Waals surface area contributed by atoms with Crippen molar-refractivity contribution in [2.45, 2.75) is 74.8 Å². The van der Waals surface area contributed by atoms with Gasteiger partial charge in [-0.2, -0.15) is 8.42 Å². The molecule has 2 aliphatic heterocycles. The molecule has 0 unspecified atom stereocenters. The van der Waals surface area contributed by atoms with Crippen LogP contribution in [0, 0.1) is 11.8 Å². The van der Waals surface area contributed by atoms with Crippen LogP contribution in [0.2, 0.25) is 0 Å². The summed E-state index contributed by atoms with van der Waals surface area (Å²) in [6.45, 7) is 0.663. The Balaban J connectivity index is 1.31. The zero-order valence-electron chi connectivity index (χ0n) is 16.7. The predicted octanol–water partition coefficient (Wildman–Crippen LogP) is 3.08. The standard InChI is InChI=1S/C22H29N3O3S/c26-22(23-17-12-11-15-6-1-2-7-16(15)14-17)19-9-5-13-25(19)21-18-8-3-4-10-20(18)29(27,28)24-21/h3-4,8,10,15-17,19H,1-2,5-7,9,11-14H2,(H,23,26)/t15-,16-,17+,19+/m0/s1. The summed E-state index contributed by atoms with van der Waals surface area (Å²) in [7, 11) is -3.67. The van der Waals surface area contributed by atoms with E-state index in [-0.39, 0.29) is 22.9 Å². The number of hydrogen-bond acceptors (Lipinski definition) is 4. The first-order valence-corrected chi connectivity index (χ1v) is 12.5. The minimum absolute atomic E-state index is 0.0336. The molecule has 2 heterocycles. The molecule has 1 N–H and O–H groups in total. The van der Waals surface area contributed by atoms with Gasteiger partial charge in [0.05, 0.1) is 0 Å². The number of carbonyl (C=O) groups is 1. The highest BCUT2D eigenvalue weighted by Gasteiger charge is 2.40. The lowest BCUT2D eigenvalue weighted by Gasteiger charge is -2.40. The minimum Gasteiger partial charge on any atom is -0.352 e. The van der Waals surface area contributed by atoms with Gasteiger partial charge in [-0.15, -0.1) is 4.40 Å². The highest BCUT2D eigenvalue weighted by molar-refractivity contribution is 7.90. The lowest BCUT2D eigenvalue weighted by atomic mass is 9.69. The highest BCUT2D eigenvalue weighted by atomic mass is 32.2. The van der Waals surface area contributed by atoms with E-state index in [4.69, 9.17) is 0 Å². The van der Waals surface area contributed by atoms with E-state index in [1.54, 1.807) is 18.2 Å². The quantitative estimate of drug-likeness (QED) is 0.805. The third kappa shape index (κ3) is 3.47. The summed E-state index contributed by atoms with van der Waals surface area (Å²) in [4.78, 5) is 15.3. The van der Waals surface area contributed by atoms with Gasteiger partial charge in [-0.3, -0.25) is 4.79 Å². The Kier molecular flexibility index (Phi) is 4.88. The molecule has 2 saturated carbocycles. The number of sulfonamides is 1. The van der Waals surface area contributed by atoms with Crippen LogP contribution < -0.4 is 5.32 Å². The molecule has 4 aliphatic rings. The molecule has 6 nitrogen and oxygen atoms in total. The highest BCUT2D eigenvalue weighted by Crippen LogP contribution is 2.40. The summed E-state index contributed by atoms with van der Waals surface area (Å²) in [6, 6.07) is 6.84. The largest absolute Gasteiger partial charge is 0.352 e. The Morgan fingerprint density at radius 1 is 1.00 bits per heavy atom. The number of fused-ring (bicyclic) bond motifs is 2. The van der Waals surface area contributed by atoms with Gasteiger partial charge >= 0.3 is 0 Å². The molecule has 1 aromatic rings. The smallest absolute Gasteiger partial charge is 0.285 e. The van der Waals surface area contributed by atoms with Gasteiger partial charge in [-0.1, -0.05) is 37.8 Å². The summed E-state index contributed by atoms with van der Waals surface area (Å²) in [6.07, 6.45) is 10.4. The minimum atomic E-state index is -3.67. The molecule has 2 aliphatic carbocycles. The van der Waals surface area contributed by atoms with E-state index < -0.39 is 10.0 Å². The molecule has 4 atom stereocenters. The topological polar surface area (TPSA) is 78.8 Å². The number of carbonyl (C=O) groups excluding carboxylic acids is 1. The van der Waals surface area contributed by atoms with Crippen molar-refractivity contribution < 1.29 is 13.2 Å². The first kappa shape index (κ1) is 19.1. The first-order chi connectivity index (χ1) is 14.0. The third-order valence-electron chi connectivity index (χ3n) is 7.33. The van der Waals surface area contributed by atoms with Crippen molar-refractivity contribution in [2.75, 3.05) is 6.54 Å². The van der Waals surface area contributed by atoms with Crippen molar-refractivity contribution >= 4 is 21.8 Å². The molecule has 0 spiro atoms. The predicted molar refractivity (Wildman–Crippen MR) is 111 cm³/mol. The molecule has 0 bridgehead atoms. The molecule has 1 aromatic carbocycles. The maximum atomic E-state index is 13.2. The Morgan fingerprint density at radius 2 is 1.79 bits per heavy atom. The van der Waals surface area contributed by atoms with Crippen LogP contribution in [0.25, 0.3) is 0 Å². The van der Waals surface area contributed by atoms with E-state index in [0.717, 1.165) is 37.5 Å². The molecule has 1 amide bonds. The normalized spacial score (nSPS) is 33.0. The summed E-state index contributed by atoms with van der Waals surface area (Å²) in [5, 5.41) is 3.31. The number of nitrogens with one attached hydrogen (secondary N) is 1. The van der Waals surface area contributed by atoms with Gasteiger partial charge in [0.2, 0.25) is 5.91 Å². The SMILES string of the molecule is O=C(N[C@@H]1CC[C@@H]2CCCC[C@H]2C1)[C@H]1CCCN1C1=NS(=O)(=O)c2ccccc21. The molecule has 0 aromatic heterocycles. The van der Waals surface area contributed by atoms with Crippen LogP contribution in [0.1, 0.15) is 63.4 Å².